The first-order valence-electron chi connectivity index (χ1n) is 5.41. The van der Waals surface area contributed by atoms with E-state index in [1.165, 1.54) is 4.88 Å². The number of hydrogen-bond donors (Lipinski definition) is 1. The minimum absolute atomic E-state index is 0.0846. The van der Waals surface area contributed by atoms with Crippen LogP contribution in [0, 0.1) is 0 Å². The zero-order valence-corrected chi connectivity index (χ0v) is 10.9. The van der Waals surface area contributed by atoms with Crippen LogP contribution in [0.3, 0.4) is 0 Å². The fourth-order valence-corrected chi connectivity index (χ4v) is 2.54. The molecular formula is C12H21NOS. The van der Waals surface area contributed by atoms with E-state index in [1.807, 2.05) is 18.4 Å². The maximum absolute atomic E-state index is 5.63. The minimum Gasteiger partial charge on any atom is -0.377 e. The third-order valence-corrected chi connectivity index (χ3v) is 4.14. The minimum atomic E-state index is -0.0846. The Hall–Kier alpha value is -0.380. The average Bonchev–Trinajstić information content (AvgIpc) is 2.77. The molecule has 0 amide bonds. The number of ether oxygens (including phenoxy) is 1. The molecule has 1 rings (SSSR count). The number of methoxy groups -OCH3 is 1. The molecule has 15 heavy (non-hydrogen) atoms. The second-order valence-electron chi connectivity index (χ2n) is 4.00. The van der Waals surface area contributed by atoms with Crippen LogP contribution in [-0.4, -0.2) is 25.8 Å². The topological polar surface area (TPSA) is 21.3 Å². The first-order valence-corrected chi connectivity index (χ1v) is 6.29. The van der Waals surface area contributed by atoms with Crippen molar-refractivity contribution in [2.45, 2.75) is 38.3 Å². The summed E-state index contributed by atoms with van der Waals surface area (Å²) < 4.78 is 5.63. The van der Waals surface area contributed by atoms with Gasteiger partial charge in [0, 0.05) is 18.0 Å². The van der Waals surface area contributed by atoms with Crippen molar-refractivity contribution in [1.82, 2.24) is 5.32 Å². The Morgan fingerprint density at radius 1 is 1.60 bits per heavy atom. The van der Waals surface area contributed by atoms with E-state index >= 15 is 0 Å². The zero-order valence-electron chi connectivity index (χ0n) is 10.0. The maximum atomic E-state index is 5.63. The highest BCUT2D eigenvalue weighted by molar-refractivity contribution is 7.09. The van der Waals surface area contributed by atoms with Crippen LogP contribution in [-0.2, 0) is 11.2 Å². The first-order chi connectivity index (χ1) is 7.16. The highest BCUT2D eigenvalue weighted by atomic mass is 32.1. The molecule has 3 heteroatoms. The van der Waals surface area contributed by atoms with E-state index in [9.17, 15) is 0 Å². The fraction of sp³-hybridized carbons (Fsp3) is 0.667. The van der Waals surface area contributed by atoms with E-state index in [1.54, 1.807) is 7.11 Å². The summed E-state index contributed by atoms with van der Waals surface area (Å²) in [5.41, 5.74) is -0.0846. The molecule has 1 N–H and O–H groups in total. The van der Waals surface area contributed by atoms with Crippen molar-refractivity contribution in [3.05, 3.63) is 22.4 Å². The highest BCUT2D eigenvalue weighted by Crippen LogP contribution is 2.23. The molecule has 86 valence electrons. The lowest BCUT2D eigenvalue weighted by atomic mass is 9.90. The van der Waals surface area contributed by atoms with E-state index in [0.29, 0.717) is 6.04 Å². The van der Waals surface area contributed by atoms with Crippen LogP contribution in [0.1, 0.15) is 25.1 Å². The van der Waals surface area contributed by atoms with Crippen LogP contribution in [0.15, 0.2) is 17.5 Å². The van der Waals surface area contributed by atoms with E-state index in [4.69, 9.17) is 4.74 Å². The van der Waals surface area contributed by atoms with Crippen molar-refractivity contribution in [1.29, 1.82) is 0 Å². The molecule has 1 heterocycles. The summed E-state index contributed by atoms with van der Waals surface area (Å²) in [6.45, 7) is 4.34. The maximum Gasteiger partial charge on any atom is 0.0803 e. The molecule has 0 spiro atoms. The van der Waals surface area contributed by atoms with Gasteiger partial charge in [0.2, 0.25) is 0 Å². The third kappa shape index (κ3) is 3.03. The summed E-state index contributed by atoms with van der Waals surface area (Å²) in [4.78, 5) is 1.41. The quantitative estimate of drug-likeness (QED) is 0.807. The molecule has 2 nitrogen and oxygen atoms in total. The molecule has 1 aromatic rings. The summed E-state index contributed by atoms with van der Waals surface area (Å²) in [5, 5.41) is 5.49. The lowest BCUT2D eigenvalue weighted by Crippen LogP contribution is -2.49. The standard InChI is InChI=1S/C12H21NOS/c1-5-12(2,14-4)11(13-3)9-10-7-6-8-15-10/h6-8,11,13H,5,9H2,1-4H3. The molecular weight excluding hydrogens is 206 g/mol. The Bertz CT molecular complexity index is 267. The lowest BCUT2D eigenvalue weighted by molar-refractivity contribution is -0.0266. The summed E-state index contributed by atoms with van der Waals surface area (Å²) in [7, 11) is 3.80. The van der Waals surface area contributed by atoms with E-state index < -0.39 is 0 Å². The third-order valence-electron chi connectivity index (χ3n) is 3.24. The Morgan fingerprint density at radius 2 is 2.33 bits per heavy atom. The van der Waals surface area contributed by atoms with E-state index in [0.717, 1.165) is 12.8 Å². The van der Waals surface area contributed by atoms with Crippen LogP contribution in [0.2, 0.25) is 0 Å². The van der Waals surface area contributed by atoms with Crippen LogP contribution in [0.5, 0.6) is 0 Å². The lowest BCUT2D eigenvalue weighted by Gasteiger charge is -2.35. The van der Waals surface area contributed by atoms with Gasteiger partial charge in [-0.3, -0.25) is 0 Å². The van der Waals surface area contributed by atoms with Gasteiger partial charge < -0.3 is 10.1 Å². The van der Waals surface area contributed by atoms with Gasteiger partial charge in [-0.2, -0.15) is 0 Å². The van der Waals surface area contributed by atoms with Gasteiger partial charge in [-0.05, 0) is 38.3 Å². The number of rotatable bonds is 6. The van der Waals surface area contributed by atoms with Gasteiger partial charge >= 0.3 is 0 Å². The Kier molecular flexibility index (Phi) is 4.77. The number of nitrogens with one attached hydrogen (secondary N) is 1. The first kappa shape index (κ1) is 12.7. The molecule has 0 aliphatic heterocycles. The summed E-state index contributed by atoms with van der Waals surface area (Å²) in [5.74, 6) is 0. The predicted octanol–water partition coefficient (Wildman–Crippen LogP) is 2.69. The summed E-state index contributed by atoms with van der Waals surface area (Å²) >= 11 is 1.81. The van der Waals surface area contributed by atoms with Gasteiger partial charge in [-0.1, -0.05) is 13.0 Å². The van der Waals surface area contributed by atoms with Crippen molar-refractivity contribution >= 4 is 11.3 Å². The summed E-state index contributed by atoms with van der Waals surface area (Å²) in [6, 6.07) is 4.65. The van der Waals surface area contributed by atoms with Gasteiger partial charge in [-0.15, -0.1) is 11.3 Å². The van der Waals surface area contributed by atoms with Crippen LogP contribution >= 0.6 is 11.3 Å². The Morgan fingerprint density at radius 3 is 2.73 bits per heavy atom. The van der Waals surface area contributed by atoms with Crippen molar-refractivity contribution in [2.75, 3.05) is 14.2 Å². The molecule has 0 aliphatic carbocycles. The van der Waals surface area contributed by atoms with Gasteiger partial charge in [-0.25, -0.2) is 0 Å². The van der Waals surface area contributed by atoms with Gasteiger partial charge in [0.1, 0.15) is 0 Å². The Labute approximate surface area is 96.7 Å². The van der Waals surface area contributed by atoms with E-state index in [2.05, 4.69) is 36.7 Å². The molecule has 0 bridgehead atoms. The molecule has 0 aromatic carbocycles. The fourth-order valence-electron chi connectivity index (χ4n) is 1.79. The highest BCUT2D eigenvalue weighted by Gasteiger charge is 2.31. The van der Waals surface area contributed by atoms with Gasteiger partial charge in [0.25, 0.3) is 0 Å². The number of likely N-dealkylation sites (N-methyl/N-ethyl adjacent to an activating group) is 1. The molecule has 2 unspecified atom stereocenters. The molecule has 0 saturated heterocycles. The van der Waals surface area contributed by atoms with Crippen molar-refractivity contribution in [3.8, 4) is 0 Å². The monoisotopic (exact) mass is 227 g/mol. The molecule has 0 saturated carbocycles. The second-order valence-corrected chi connectivity index (χ2v) is 5.03. The number of thiophene rings is 1. The largest absolute Gasteiger partial charge is 0.377 e. The molecule has 2 atom stereocenters. The molecule has 0 fully saturated rings. The predicted molar refractivity (Wildman–Crippen MR) is 66.6 cm³/mol. The van der Waals surface area contributed by atoms with Crippen molar-refractivity contribution < 1.29 is 4.74 Å². The second kappa shape index (κ2) is 5.64. The van der Waals surface area contributed by atoms with E-state index in [-0.39, 0.29) is 5.60 Å². The SMILES string of the molecule is CCC(C)(OC)C(Cc1cccs1)NC. The van der Waals surface area contributed by atoms with Crippen LogP contribution in [0.25, 0.3) is 0 Å². The van der Waals surface area contributed by atoms with Crippen LogP contribution in [0.4, 0.5) is 0 Å². The van der Waals surface area contributed by atoms with Crippen molar-refractivity contribution in [3.63, 3.8) is 0 Å². The van der Waals surface area contributed by atoms with Crippen LogP contribution < -0.4 is 5.32 Å². The van der Waals surface area contributed by atoms with Gasteiger partial charge in [0.15, 0.2) is 0 Å². The summed E-state index contributed by atoms with van der Waals surface area (Å²) in [6.07, 6.45) is 2.05. The smallest absolute Gasteiger partial charge is 0.0803 e. The normalized spacial score (nSPS) is 17.3. The van der Waals surface area contributed by atoms with Gasteiger partial charge in [0.05, 0.1) is 5.60 Å². The average molecular weight is 227 g/mol. The molecule has 1 aromatic heterocycles. The Balaban J connectivity index is 2.70. The zero-order chi connectivity index (χ0) is 11.3. The van der Waals surface area contributed by atoms with Crippen molar-refractivity contribution in [2.24, 2.45) is 0 Å². The molecule has 0 aliphatic rings. The molecule has 0 radical (unpaired) electrons. The number of hydrogen-bond acceptors (Lipinski definition) is 3.